The van der Waals surface area contributed by atoms with Gasteiger partial charge in [-0.2, -0.15) is 0 Å². The molecule has 0 saturated carbocycles. The number of hydrogen-bond donors (Lipinski definition) is 2. The molecule has 1 fully saturated rings. The first-order valence-electron chi connectivity index (χ1n) is 9.73. The Kier molecular flexibility index (Phi) is 7.31. The summed E-state index contributed by atoms with van der Waals surface area (Å²) in [6.45, 7) is 4.83. The van der Waals surface area contributed by atoms with Gasteiger partial charge in [-0.15, -0.1) is 0 Å². The number of aryl methyl sites for hydroxylation is 1. The number of nitrogens with zero attached hydrogens (tertiary/aromatic N) is 1. The van der Waals surface area contributed by atoms with E-state index in [1.165, 1.54) is 7.11 Å². The lowest BCUT2D eigenvalue weighted by atomic mass is 10.1. The van der Waals surface area contributed by atoms with Gasteiger partial charge in [-0.25, -0.2) is 0 Å². The normalized spacial score (nSPS) is 15.4. The molecule has 2 heterocycles. The zero-order chi connectivity index (χ0) is 21.5. The number of ether oxygens (including phenoxy) is 3. The molecule has 0 spiro atoms. The van der Waals surface area contributed by atoms with Gasteiger partial charge in [-0.1, -0.05) is 0 Å². The number of amides is 2. The maximum absolute atomic E-state index is 12.8. The molecule has 1 aliphatic rings. The summed E-state index contributed by atoms with van der Waals surface area (Å²) in [7, 11) is 1.46. The van der Waals surface area contributed by atoms with E-state index in [4.69, 9.17) is 24.4 Å². The molecule has 2 amide bonds. The van der Waals surface area contributed by atoms with E-state index in [2.05, 4.69) is 10.2 Å². The first-order valence-corrected chi connectivity index (χ1v) is 9.73. The van der Waals surface area contributed by atoms with Crippen LogP contribution in [-0.2, 0) is 9.53 Å². The van der Waals surface area contributed by atoms with Crippen LogP contribution in [-0.4, -0.2) is 63.3 Å². The Labute approximate surface area is 175 Å². The Balaban J connectivity index is 1.69. The van der Waals surface area contributed by atoms with Crippen LogP contribution in [0.1, 0.15) is 27.9 Å². The molecule has 162 valence electrons. The van der Waals surface area contributed by atoms with Crippen LogP contribution in [0.2, 0.25) is 0 Å². The van der Waals surface area contributed by atoms with E-state index in [1.807, 2.05) is 19.1 Å². The number of morpholine rings is 1. The SMILES string of the molecule is COc1cc(C(=O)NCC(c2ccc(C)o2)N2CCOCC2)ccc1OCC(N)=O. The lowest BCUT2D eigenvalue weighted by molar-refractivity contribution is -0.119. The monoisotopic (exact) mass is 417 g/mol. The molecule has 1 unspecified atom stereocenters. The van der Waals surface area contributed by atoms with Crippen LogP contribution in [0.5, 0.6) is 11.5 Å². The Morgan fingerprint density at radius 2 is 1.97 bits per heavy atom. The van der Waals surface area contributed by atoms with Crippen molar-refractivity contribution in [2.45, 2.75) is 13.0 Å². The van der Waals surface area contributed by atoms with Gasteiger partial charge in [0.1, 0.15) is 11.5 Å². The molecular weight excluding hydrogens is 390 g/mol. The van der Waals surface area contributed by atoms with Crippen LogP contribution in [0.4, 0.5) is 0 Å². The van der Waals surface area contributed by atoms with Crippen LogP contribution in [0.15, 0.2) is 34.7 Å². The molecule has 1 atom stereocenters. The van der Waals surface area contributed by atoms with Gasteiger partial charge in [-0.05, 0) is 37.3 Å². The highest BCUT2D eigenvalue weighted by atomic mass is 16.5. The van der Waals surface area contributed by atoms with Crippen molar-refractivity contribution in [3.8, 4) is 11.5 Å². The zero-order valence-electron chi connectivity index (χ0n) is 17.2. The third-order valence-electron chi connectivity index (χ3n) is 4.83. The van der Waals surface area contributed by atoms with Crippen molar-refractivity contribution in [1.82, 2.24) is 10.2 Å². The van der Waals surface area contributed by atoms with Gasteiger partial charge in [0.05, 0.1) is 26.4 Å². The van der Waals surface area contributed by atoms with Crippen LogP contribution < -0.4 is 20.5 Å². The van der Waals surface area contributed by atoms with Crippen LogP contribution in [0, 0.1) is 6.92 Å². The summed E-state index contributed by atoms with van der Waals surface area (Å²) in [4.78, 5) is 25.9. The largest absolute Gasteiger partial charge is 0.493 e. The number of furan rings is 1. The third kappa shape index (κ3) is 5.52. The molecular formula is C21H27N3O6. The average molecular weight is 417 g/mol. The lowest BCUT2D eigenvalue weighted by Gasteiger charge is -2.33. The molecule has 3 rings (SSSR count). The molecule has 1 aromatic heterocycles. The van der Waals surface area contributed by atoms with Gasteiger partial charge in [0.15, 0.2) is 18.1 Å². The maximum atomic E-state index is 12.8. The average Bonchev–Trinajstić information content (AvgIpc) is 3.18. The van der Waals surface area contributed by atoms with Gasteiger partial charge in [-0.3, -0.25) is 14.5 Å². The highest BCUT2D eigenvalue weighted by Gasteiger charge is 2.26. The minimum absolute atomic E-state index is 0.0911. The molecule has 0 radical (unpaired) electrons. The predicted octanol–water partition coefficient (Wildman–Crippen LogP) is 1.26. The van der Waals surface area contributed by atoms with Crippen molar-refractivity contribution in [2.75, 3.05) is 46.6 Å². The van der Waals surface area contributed by atoms with E-state index in [0.29, 0.717) is 36.8 Å². The first-order chi connectivity index (χ1) is 14.5. The van der Waals surface area contributed by atoms with E-state index >= 15 is 0 Å². The number of benzene rings is 1. The number of methoxy groups -OCH3 is 1. The number of carbonyl (C=O) groups excluding carboxylic acids is 2. The standard InChI is InChI=1S/C21H27N3O6/c1-14-3-5-17(30-14)16(24-7-9-28-10-8-24)12-23-21(26)15-4-6-18(19(11-15)27-2)29-13-20(22)25/h3-6,11,16H,7-10,12-13H2,1-2H3,(H2,22,25)(H,23,26). The Morgan fingerprint density at radius 1 is 1.20 bits per heavy atom. The van der Waals surface area contributed by atoms with Gasteiger partial charge in [0, 0.05) is 25.2 Å². The van der Waals surface area contributed by atoms with Crippen molar-refractivity contribution >= 4 is 11.8 Å². The highest BCUT2D eigenvalue weighted by molar-refractivity contribution is 5.95. The summed E-state index contributed by atoms with van der Waals surface area (Å²) in [5.74, 6) is 1.46. The van der Waals surface area contributed by atoms with Crippen molar-refractivity contribution in [3.05, 3.63) is 47.4 Å². The number of rotatable bonds is 9. The van der Waals surface area contributed by atoms with Crippen LogP contribution in [0.25, 0.3) is 0 Å². The van der Waals surface area contributed by atoms with E-state index in [0.717, 1.165) is 24.6 Å². The maximum Gasteiger partial charge on any atom is 0.255 e. The molecule has 2 aromatic rings. The quantitative estimate of drug-likeness (QED) is 0.631. The van der Waals surface area contributed by atoms with E-state index in [-0.39, 0.29) is 18.6 Å². The lowest BCUT2D eigenvalue weighted by Crippen LogP contribution is -2.43. The Bertz CT molecular complexity index is 875. The third-order valence-corrected chi connectivity index (χ3v) is 4.83. The summed E-state index contributed by atoms with van der Waals surface area (Å²) < 4.78 is 21.8. The Hall–Kier alpha value is -3.04. The minimum Gasteiger partial charge on any atom is -0.493 e. The fraction of sp³-hybridized carbons (Fsp3) is 0.429. The molecule has 1 aromatic carbocycles. The summed E-state index contributed by atoms with van der Waals surface area (Å²) in [5, 5.41) is 2.97. The second-order valence-corrected chi connectivity index (χ2v) is 6.94. The topological polar surface area (TPSA) is 116 Å². The van der Waals surface area contributed by atoms with Crippen LogP contribution in [0.3, 0.4) is 0 Å². The summed E-state index contributed by atoms with van der Waals surface area (Å²) in [6.07, 6.45) is 0. The van der Waals surface area contributed by atoms with Gasteiger partial charge >= 0.3 is 0 Å². The molecule has 3 N–H and O–H groups in total. The van der Waals surface area contributed by atoms with Gasteiger partial charge in [0.25, 0.3) is 11.8 Å². The molecule has 0 bridgehead atoms. The predicted molar refractivity (Wildman–Crippen MR) is 109 cm³/mol. The molecule has 30 heavy (non-hydrogen) atoms. The fourth-order valence-electron chi connectivity index (χ4n) is 3.30. The molecule has 9 heteroatoms. The molecule has 1 saturated heterocycles. The van der Waals surface area contributed by atoms with Crippen molar-refractivity contribution in [2.24, 2.45) is 5.73 Å². The highest BCUT2D eigenvalue weighted by Crippen LogP contribution is 2.28. The number of nitrogens with two attached hydrogens (primary N) is 1. The van der Waals surface area contributed by atoms with Crippen molar-refractivity contribution < 1.29 is 28.2 Å². The van der Waals surface area contributed by atoms with Crippen molar-refractivity contribution in [3.63, 3.8) is 0 Å². The Morgan fingerprint density at radius 3 is 2.60 bits per heavy atom. The summed E-state index contributed by atoms with van der Waals surface area (Å²) in [5.41, 5.74) is 5.51. The van der Waals surface area contributed by atoms with Crippen LogP contribution >= 0.6 is 0 Å². The fourth-order valence-corrected chi connectivity index (χ4v) is 3.30. The van der Waals surface area contributed by atoms with E-state index in [9.17, 15) is 9.59 Å². The second kappa shape index (κ2) is 10.1. The molecule has 1 aliphatic heterocycles. The number of nitrogens with one attached hydrogen (secondary N) is 1. The summed E-state index contributed by atoms with van der Waals surface area (Å²) >= 11 is 0. The minimum atomic E-state index is -0.596. The number of primary amides is 1. The van der Waals surface area contributed by atoms with E-state index in [1.54, 1.807) is 18.2 Å². The zero-order valence-corrected chi connectivity index (χ0v) is 17.2. The van der Waals surface area contributed by atoms with Crippen molar-refractivity contribution in [1.29, 1.82) is 0 Å². The molecule has 0 aliphatic carbocycles. The summed E-state index contributed by atoms with van der Waals surface area (Å²) in [6, 6.07) is 8.51. The van der Waals surface area contributed by atoms with Gasteiger partial charge in [0.2, 0.25) is 0 Å². The van der Waals surface area contributed by atoms with E-state index < -0.39 is 5.91 Å². The number of hydrogen-bond acceptors (Lipinski definition) is 7. The smallest absolute Gasteiger partial charge is 0.255 e. The second-order valence-electron chi connectivity index (χ2n) is 6.94. The first kappa shape index (κ1) is 21.7. The number of carbonyl (C=O) groups is 2. The molecule has 9 nitrogen and oxygen atoms in total. The van der Waals surface area contributed by atoms with Gasteiger partial charge < -0.3 is 29.7 Å².